The highest BCUT2D eigenvalue weighted by Crippen LogP contribution is 2.29. The number of allylic oxidation sites excluding steroid dienone is 4. The van der Waals surface area contributed by atoms with Gasteiger partial charge in [0.15, 0.2) is 0 Å². The molecule has 0 bridgehead atoms. The third-order valence-corrected chi connectivity index (χ3v) is 5.05. The Kier molecular flexibility index (Phi) is 5.90. The number of hydrogen-bond acceptors (Lipinski definition) is 2. The predicted molar refractivity (Wildman–Crippen MR) is 130 cm³/mol. The molecule has 0 saturated heterocycles. The molecule has 148 valence electrons. The van der Waals surface area contributed by atoms with Crippen molar-refractivity contribution in [2.24, 2.45) is 5.10 Å². The first-order valence-electron chi connectivity index (χ1n) is 10.2. The zero-order chi connectivity index (χ0) is 20.8. The van der Waals surface area contributed by atoms with Crippen LogP contribution >= 0.6 is 0 Å². The van der Waals surface area contributed by atoms with Gasteiger partial charge in [-0.1, -0.05) is 67.3 Å². The van der Waals surface area contributed by atoms with Gasteiger partial charge in [-0.05, 0) is 48.9 Å². The minimum atomic E-state index is 0.947. The number of aromatic nitrogens is 1. The number of hydrogen-bond donors (Lipinski definition) is 0. The van der Waals surface area contributed by atoms with Crippen LogP contribution in [0.3, 0.4) is 0 Å². The fourth-order valence-corrected chi connectivity index (χ4v) is 3.67. The lowest BCUT2D eigenvalue weighted by molar-refractivity contribution is 0.827. The molecule has 0 aliphatic heterocycles. The standard InChI is InChI=1S/C27H25N3/c1-3-5-6-12-19-30(23-13-8-7-9-14-23)28-21-22-17-18-27-25(20-22)24-15-10-11-16-26(24)29(27)4-2/h3,5-21H,1,4H2,2H3/b6-5-,19-12+,28-21+. The zero-order valence-electron chi connectivity index (χ0n) is 17.1. The Labute approximate surface area is 177 Å². The summed E-state index contributed by atoms with van der Waals surface area (Å²) in [4.78, 5) is 0. The average Bonchev–Trinajstić information content (AvgIpc) is 3.12. The van der Waals surface area contributed by atoms with Gasteiger partial charge >= 0.3 is 0 Å². The van der Waals surface area contributed by atoms with Crippen molar-refractivity contribution < 1.29 is 0 Å². The third-order valence-electron chi connectivity index (χ3n) is 5.05. The summed E-state index contributed by atoms with van der Waals surface area (Å²) in [5.41, 5.74) is 4.59. The Morgan fingerprint density at radius 1 is 0.867 bits per heavy atom. The second-order valence-electron chi connectivity index (χ2n) is 6.92. The van der Waals surface area contributed by atoms with Crippen molar-refractivity contribution in [2.75, 3.05) is 5.01 Å². The highest BCUT2D eigenvalue weighted by molar-refractivity contribution is 6.09. The van der Waals surface area contributed by atoms with Crippen molar-refractivity contribution in [3.63, 3.8) is 0 Å². The van der Waals surface area contributed by atoms with Gasteiger partial charge in [0, 0.05) is 34.6 Å². The number of anilines is 1. The van der Waals surface area contributed by atoms with Gasteiger partial charge in [0.1, 0.15) is 0 Å². The van der Waals surface area contributed by atoms with Crippen LogP contribution in [0.5, 0.6) is 0 Å². The molecule has 0 saturated carbocycles. The summed E-state index contributed by atoms with van der Waals surface area (Å²) in [5, 5.41) is 9.13. The Balaban J connectivity index is 1.71. The van der Waals surface area contributed by atoms with Gasteiger partial charge in [-0.2, -0.15) is 5.10 Å². The van der Waals surface area contributed by atoms with Crippen molar-refractivity contribution >= 4 is 33.7 Å². The van der Waals surface area contributed by atoms with E-state index >= 15 is 0 Å². The van der Waals surface area contributed by atoms with E-state index in [0.29, 0.717) is 0 Å². The number of nitrogens with zero attached hydrogens (tertiary/aromatic N) is 3. The van der Waals surface area contributed by atoms with E-state index < -0.39 is 0 Å². The molecule has 0 spiro atoms. The Morgan fingerprint density at radius 3 is 2.43 bits per heavy atom. The van der Waals surface area contributed by atoms with E-state index in [2.05, 4.69) is 60.5 Å². The first-order chi connectivity index (χ1) is 14.8. The molecule has 0 N–H and O–H groups in total. The van der Waals surface area contributed by atoms with Crippen molar-refractivity contribution in [2.45, 2.75) is 13.5 Å². The van der Waals surface area contributed by atoms with Crippen molar-refractivity contribution in [1.82, 2.24) is 4.57 Å². The predicted octanol–water partition coefficient (Wildman–Crippen LogP) is 6.91. The number of hydrazone groups is 1. The molecule has 0 unspecified atom stereocenters. The maximum absolute atomic E-state index is 4.73. The Hall–Kier alpha value is -3.85. The van der Waals surface area contributed by atoms with Crippen LogP contribution in [0.15, 0.2) is 115 Å². The second-order valence-corrected chi connectivity index (χ2v) is 6.92. The van der Waals surface area contributed by atoms with Gasteiger partial charge in [-0.3, -0.25) is 0 Å². The van der Waals surface area contributed by atoms with Crippen LogP contribution in [0.25, 0.3) is 21.8 Å². The minimum absolute atomic E-state index is 0.947. The van der Waals surface area contributed by atoms with E-state index in [1.54, 1.807) is 6.08 Å². The van der Waals surface area contributed by atoms with Gasteiger partial charge in [0.05, 0.1) is 11.9 Å². The Morgan fingerprint density at radius 2 is 1.63 bits per heavy atom. The SMILES string of the molecule is C=C/C=C\C=C\N(/N=C/c1ccc2c(c1)c1ccccc1n2CC)c1ccccc1. The third kappa shape index (κ3) is 3.96. The lowest BCUT2D eigenvalue weighted by atomic mass is 10.1. The smallest absolute Gasteiger partial charge is 0.0645 e. The molecule has 4 aromatic rings. The van der Waals surface area contributed by atoms with Gasteiger partial charge < -0.3 is 4.57 Å². The van der Waals surface area contributed by atoms with Crippen molar-refractivity contribution in [3.05, 3.63) is 115 Å². The lowest BCUT2D eigenvalue weighted by Crippen LogP contribution is -2.07. The molecule has 1 aromatic heterocycles. The van der Waals surface area contributed by atoms with Crippen LogP contribution < -0.4 is 5.01 Å². The quantitative estimate of drug-likeness (QED) is 0.190. The molecule has 3 nitrogen and oxygen atoms in total. The Bertz CT molecular complexity index is 1240. The number of benzene rings is 3. The maximum atomic E-state index is 4.73. The van der Waals surface area contributed by atoms with E-state index in [-0.39, 0.29) is 0 Å². The second kappa shape index (κ2) is 9.10. The minimum Gasteiger partial charge on any atom is -0.341 e. The normalized spacial score (nSPS) is 12.0. The van der Waals surface area contributed by atoms with Gasteiger partial charge in [0.2, 0.25) is 0 Å². The highest BCUT2D eigenvalue weighted by Gasteiger charge is 2.09. The van der Waals surface area contributed by atoms with E-state index in [9.17, 15) is 0 Å². The molecule has 0 fully saturated rings. The number of rotatable bonds is 7. The van der Waals surface area contributed by atoms with E-state index in [1.807, 2.05) is 66.0 Å². The van der Waals surface area contributed by atoms with Crippen LogP contribution in [0.4, 0.5) is 5.69 Å². The number of aryl methyl sites for hydroxylation is 1. The molecule has 0 radical (unpaired) electrons. The summed E-state index contributed by atoms with van der Waals surface area (Å²) < 4.78 is 2.36. The van der Waals surface area contributed by atoms with E-state index in [4.69, 9.17) is 5.10 Å². The summed E-state index contributed by atoms with van der Waals surface area (Å²) in [6, 6.07) is 25.2. The molecule has 1 heterocycles. The van der Waals surface area contributed by atoms with Crippen molar-refractivity contribution in [3.8, 4) is 0 Å². The van der Waals surface area contributed by atoms with E-state index in [0.717, 1.165) is 17.8 Å². The van der Waals surface area contributed by atoms with Crippen LogP contribution in [-0.4, -0.2) is 10.8 Å². The molecule has 30 heavy (non-hydrogen) atoms. The zero-order valence-corrected chi connectivity index (χ0v) is 17.1. The van der Waals surface area contributed by atoms with Crippen molar-refractivity contribution in [1.29, 1.82) is 0 Å². The van der Waals surface area contributed by atoms with E-state index in [1.165, 1.54) is 21.8 Å². The summed E-state index contributed by atoms with van der Waals surface area (Å²) >= 11 is 0. The molecule has 3 aromatic carbocycles. The van der Waals surface area contributed by atoms with Gasteiger partial charge in [0.25, 0.3) is 0 Å². The number of para-hydroxylation sites is 2. The number of fused-ring (bicyclic) bond motifs is 3. The van der Waals surface area contributed by atoms with Crippen LogP contribution in [0, 0.1) is 0 Å². The van der Waals surface area contributed by atoms with Crippen LogP contribution in [0.2, 0.25) is 0 Å². The molecule has 0 atom stereocenters. The summed E-state index contributed by atoms with van der Waals surface area (Å²) in [5.74, 6) is 0. The fraction of sp³-hybridized carbons (Fsp3) is 0.0741. The molecule has 0 aliphatic carbocycles. The lowest BCUT2D eigenvalue weighted by Gasteiger charge is -2.13. The summed E-state index contributed by atoms with van der Waals surface area (Å²) in [6.07, 6.45) is 11.4. The average molecular weight is 392 g/mol. The first kappa shape index (κ1) is 19.5. The van der Waals surface area contributed by atoms with Gasteiger partial charge in [-0.15, -0.1) is 0 Å². The first-order valence-corrected chi connectivity index (χ1v) is 10.2. The molecular formula is C27H25N3. The molecular weight excluding hydrogens is 366 g/mol. The highest BCUT2D eigenvalue weighted by atomic mass is 15.4. The van der Waals surface area contributed by atoms with Crippen LogP contribution in [-0.2, 0) is 6.54 Å². The van der Waals surface area contributed by atoms with Gasteiger partial charge in [-0.25, -0.2) is 5.01 Å². The molecule has 0 amide bonds. The fourth-order valence-electron chi connectivity index (χ4n) is 3.67. The molecule has 4 rings (SSSR count). The topological polar surface area (TPSA) is 20.5 Å². The van der Waals surface area contributed by atoms with Crippen LogP contribution in [0.1, 0.15) is 12.5 Å². The molecule has 0 aliphatic rings. The maximum Gasteiger partial charge on any atom is 0.0645 e. The summed E-state index contributed by atoms with van der Waals surface area (Å²) in [6.45, 7) is 6.83. The largest absolute Gasteiger partial charge is 0.341 e. The summed E-state index contributed by atoms with van der Waals surface area (Å²) in [7, 11) is 0. The molecule has 3 heteroatoms. The monoisotopic (exact) mass is 391 g/mol.